The summed E-state index contributed by atoms with van der Waals surface area (Å²) in [6.07, 6.45) is 0. The number of benzene rings is 1. The minimum atomic E-state index is -2.48. The molecule has 1 aromatic carbocycles. The Morgan fingerprint density at radius 2 is 1.73 bits per heavy atom. The van der Waals surface area contributed by atoms with E-state index in [2.05, 4.69) is 0 Å². The first-order valence-corrected chi connectivity index (χ1v) is 4.35. The van der Waals surface area contributed by atoms with Crippen molar-refractivity contribution in [3.05, 3.63) is 29.8 Å². The SMILES string of the molecule is Cc1ccc([PH](=O)O)cc1.[AlH3]. The van der Waals surface area contributed by atoms with Crippen LogP contribution >= 0.6 is 8.03 Å². The van der Waals surface area contributed by atoms with Gasteiger partial charge in [0.2, 0.25) is 8.03 Å². The molecule has 0 fully saturated rings. The molecule has 11 heavy (non-hydrogen) atoms. The van der Waals surface area contributed by atoms with Gasteiger partial charge in [-0.3, -0.25) is 4.57 Å². The van der Waals surface area contributed by atoms with Gasteiger partial charge >= 0.3 is 0 Å². The van der Waals surface area contributed by atoms with Gasteiger partial charge in [-0.1, -0.05) is 17.7 Å². The van der Waals surface area contributed by atoms with E-state index in [4.69, 9.17) is 4.89 Å². The van der Waals surface area contributed by atoms with Gasteiger partial charge in [-0.25, -0.2) is 0 Å². The highest BCUT2D eigenvalue weighted by molar-refractivity contribution is 7.47. The van der Waals surface area contributed by atoms with Crippen LogP contribution in [0.4, 0.5) is 0 Å². The highest BCUT2D eigenvalue weighted by Gasteiger charge is 1.95. The fourth-order valence-electron chi connectivity index (χ4n) is 0.696. The minimum absolute atomic E-state index is 0. The Labute approximate surface area is 77.3 Å². The first-order valence-electron chi connectivity index (χ1n) is 3.00. The Kier molecular flexibility index (Phi) is 4.72. The van der Waals surface area contributed by atoms with Crippen molar-refractivity contribution in [1.82, 2.24) is 0 Å². The van der Waals surface area contributed by atoms with Crippen molar-refractivity contribution < 1.29 is 9.46 Å². The van der Waals surface area contributed by atoms with Crippen LogP contribution < -0.4 is 5.30 Å². The summed E-state index contributed by atoms with van der Waals surface area (Å²) in [5.74, 6) is 0. The molecule has 0 aromatic heterocycles. The van der Waals surface area contributed by atoms with Crippen LogP contribution in [0, 0.1) is 6.92 Å². The molecule has 0 bridgehead atoms. The number of hydrogen-bond acceptors (Lipinski definition) is 1. The van der Waals surface area contributed by atoms with Gasteiger partial charge in [0.15, 0.2) is 17.4 Å². The Bertz CT molecular complexity index is 245. The average molecular weight is 186 g/mol. The standard InChI is InChI=1S/C7H9O2P.Al.3H/c1-6-2-4-7(5-3-6)10(8)9;;;;/h2-5,10H,1H3,(H,8,9);;;;. The first kappa shape index (κ1) is 10.9. The van der Waals surface area contributed by atoms with E-state index < -0.39 is 8.03 Å². The largest absolute Gasteiger partial charge is 0.343 e. The molecular formula is C7H12AlO2P. The van der Waals surface area contributed by atoms with E-state index in [0.29, 0.717) is 5.30 Å². The van der Waals surface area contributed by atoms with E-state index in [-0.39, 0.29) is 17.4 Å². The molecule has 60 valence electrons. The molecule has 1 aromatic rings. The van der Waals surface area contributed by atoms with E-state index >= 15 is 0 Å². The molecule has 1 unspecified atom stereocenters. The van der Waals surface area contributed by atoms with Gasteiger partial charge in [-0.2, -0.15) is 0 Å². The van der Waals surface area contributed by atoms with Crippen molar-refractivity contribution in [2.24, 2.45) is 0 Å². The lowest BCUT2D eigenvalue weighted by Gasteiger charge is -1.94. The Balaban J connectivity index is 0.000001000. The zero-order valence-corrected chi connectivity index (χ0v) is 6.66. The van der Waals surface area contributed by atoms with E-state index in [0.717, 1.165) is 5.56 Å². The van der Waals surface area contributed by atoms with Gasteiger partial charge in [-0.15, -0.1) is 0 Å². The molecule has 4 heteroatoms. The summed E-state index contributed by atoms with van der Waals surface area (Å²) in [6, 6.07) is 7.01. The molecule has 0 saturated heterocycles. The van der Waals surface area contributed by atoms with Gasteiger partial charge in [0, 0.05) is 5.30 Å². The van der Waals surface area contributed by atoms with E-state index in [1.54, 1.807) is 12.1 Å². The van der Waals surface area contributed by atoms with E-state index in [1.807, 2.05) is 19.1 Å². The van der Waals surface area contributed by atoms with Gasteiger partial charge < -0.3 is 4.89 Å². The van der Waals surface area contributed by atoms with Crippen LogP contribution in [0.1, 0.15) is 5.56 Å². The highest BCUT2D eigenvalue weighted by atomic mass is 31.1. The molecular weight excluding hydrogens is 174 g/mol. The third kappa shape index (κ3) is 3.23. The molecule has 1 atom stereocenters. The van der Waals surface area contributed by atoms with Gasteiger partial charge in [-0.05, 0) is 19.1 Å². The van der Waals surface area contributed by atoms with Crippen molar-refractivity contribution in [2.75, 3.05) is 0 Å². The van der Waals surface area contributed by atoms with Crippen LogP contribution in [-0.4, -0.2) is 22.3 Å². The maximum Gasteiger partial charge on any atom is 0.218 e. The molecule has 0 aliphatic rings. The predicted molar refractivity (Wildman–Crippen MR) is 52.0 cm³/mol. The second-order valence-electron chi connectivity index (χ2n) is 2.17. The third-order valence-electron chi connectivity index (χ3n) is 1.30. The number of aryl methyl sites for hydroxylation is 1. The van der Waals surface area contributed by atoms with Crippen LogP contribution in [0.15, 0.2) is 24.3 Å². The summed E-state index contributed by atoms with van der Waals surface area (Å²) in [4.78, 5) is 8.66. The zero-order chi connectivity index (χ0) is 7.56. The third-order valence-corrected chi connectivity index (χ3v) is 2.13. The number of rotatable bonds is 1. The van der Waals surface area contributed by atoms with E-state index in [9.17, 15) is 4.57 Å². The summed E-state index contributed by atoms with van der Waals surface area (Å²) in [7, 11) is -2.48. The molecule has 1 rings (SSSR count). The van der Waals surface area contributed by atoms with Crippen molar-refractivity contribution in [2.45, 2.75) is 6.92 Å². The zero-order valence-electron chi connectivity index (χ0n) is 5.66. The average Bonchev–Trinajstić information content (AvgIpc) is 1.88. The van der Waals surface area contributed by atoms with Crippen molar-refractivity contribution in [3.63, 3.8) is 0 Å². The molecule has 0 spiro atoms. The summed E-state index contributed by atoms with van der Waals surface area (Å²) < 4.78 is 10.5. The molecule has 0 heterocycles. The number of hydrogen-bond donors (Lipinski definition) is 1. The lowest BCUT2D eigenvalue weighted by molar-refractivity contribution is 0.513. The summed E-state index contributed by atoms with van der Waals surface area (Å²) in [5, 5.41) is 0.524. The second kappa shape index (κ2) is 4.75. The Morgan fingerprint density at radius 3 is 2.09 bits per heavy atom. The van der Waals surface area contributed by atoms with Crippen LogP contribution in [0.5, 0.6) is 0 Å². The molecule has 0 saturated carbocycles. The van der Waals surface area contributed by atoms with Crippen molar-refractivity contribution in [1.29, 1.82) is 0 Å². The highest BCUT2D eigenvalue weighted by Crippen LogP contribution is 2.12. The lowest BCUT2D eigenvalue weighted by atomic mass is 10.2. The maximum absolute atomic E-state index is 10.5. The van der Waals surface area contributed by atoms with Crippen LogP contribution in [0.3, 0.4) is 0 Å². The van der Waals surface area contributed by atoms with Crippen molar-refractivity contribution in [3.8, 4) is 0 Å². The second-order valence-corrected chi connectivity index (χ2v) is 3.36. The lowest BCUT2D eigenvalue weighted by Crippen LogP contribution is -1.93. The summed E-state index contributed by atoms with van der Waals surface area (Å²) >= 11 is 0. The van der Waals surface area contributed by atoms with Gasteiger partial charge in [0.25, 0.3) is 0 Å². The fourth-order valence-corrected chi connectivity index (χ4v) is 1.15. The first-order chi connectivity index (χ1) is 4.70. The molecule has 0 amide bonds. The predicted octanol–water partition coefficient (Wildman–Crippen LogP) is -0.0966. The molecule has 1 N–H and O–H groups in total. The van der Waals surface area contributed by atoms with Gasteiger partial charge in [0.1, 0.15) is 0 Å². The quantitative estimate of drug-likeness (QED) is 0.491. The van der Waals surface area contributed by atoms with Gasteiger partial charge in [0.05, 0.1) is 0 Å². The smallest absolute Gasteiger partial charge is 0.218 e. The Morgan fingerprint density at radius 1 is 1.27 bits per heavy atom. The Hall–Kier alpha value is -0.0575. The molecule has 0 radical (unpaired) electrons. The van der Waals surface area contributed by atoms with Crippen LogP contribution in [-0.2, 0) is 4.57 Å². The normalized spacial score (nSPS) is 11.8. The maximum atomic E-state index is 10.5. The monoisotopic (exact) mass is 186 g/mol. The van der Waals surface area contributed by atoms with E-state index in [1.165, 1.54) is 0 Å². The fraction of sp³-hybridized carbons (Fsp3) is 0.143. The van der Waals surface area contributed by atoms with Crippen molar-refractivity contribution >= 4 is 30.7 Å². The summed E-state index contributed by atoms with van der Waals surface area (Å²) in [6.45, 7) is 1.94. The van der Waals surface area contributed by atoms with Crippen LogP contribution in [0.25, 0.3) is 0 Å². The minimum Gasteiger partial charge on any atom is -0.343 e. The molecule has 2 nitrogen and oxygen atoms in total. The van der Waals surface area contributed by atoms with Crippen LogP contribution in [0.2, 0.25) is 0 Å². The molecule has 0 aliphatic heterocycles. The topological polar surface area (TPSA) is 37.3 Å². The molecule has 0 aliphatic carbocycles. The summed E-state index contributed by atoms with van der Waals surface area (Å²) in [5.41, 5.74) is 1.10.